The Morgan fingerprint density at radius 1 is 1.53 bits per heavy atom. The van der Waals surface area contributed by atoms with Gasteiger partial charge in [-0.3, -0.25) is 5.10 Å². The first-order valence-corrected chi connectivity index (χ1v) is 6.01. The molecule has 7 heteroatoms. The van der Waals surface area contributed by atoms with Crippen molar-refractivity contribution in [2.75, 3.05) is 6.61 Å². The molecule has 0 aliphatic carbocycles. The highest BCUT2D eigenvalue weighted by atomic mass is 32.2. The molecule has 1 aromatic rings. The summed E-state index contributed by atoms with van der Waals surface area (Å²) in [7, 11) is -3.59. The molecule has 15 heavy (non-hydrogen) atoms. The third-order valence-corrected chi connectivity index (χ3v) is 3.81. The molecule has 0 aliphatic rings. The van der Waals surface area contributed by atoms with Crippen LogP contribution in [-0.2, 0) is 10.0 Å². The predicted octanol–water partition coefficient (Wildman–Crippen LogP) is -0.314. The summed E-state index contributed by atoms with van der Waals surface area (Å²) >= 11 is 0. The maximum absolute atomic E-state index is 11.8. The molecule has 1 aromatic heterocycles. The van der Waals surface area contributed by atoms with Gasteiger partial charge in [-0.25, -0.2) is 13.1 Å². The Hall–Kier alpha value is -0.920. The predicted molar refractivity (Wildman–Crippen MR) is 54.9 cm³/mol. The SMILES string of the molecule is Cc1n[nH]c(C)c1S(=O)(=O)N[C@@H](C)CO. The van der Waals surface area contributed by atoms with Gasteiger partial charge in [0.25, 0.3) is 0 Å². The maximum Gasteiger partial charge on any atom is 0.244 e. The lowest BCUT2D eigenvalue weighted by Gasteiger charge is -2.11. The van der Waals surface area contributed by atoms with Crippen molar-refractivity contribution in [3.8, 4) is 0 Å². The highest BCUT2D eigenvalue weighted by Gasteiger charge is 2.23. The number of aromatic amines is 1. The van der Waals surface area contributed by atoms with E-state index >= 15 is 0 Å². The third kappa shape index (κ3) is 2.55. The van der Waals surface area contributed by atoms with Crippen LogP contribution in [0.25, 0.3) is 0 Å². The zero-order valence-electron chi connectivity index (χ0n) is 8.90. The van der Waals surface area contributed by atoms with Crippen molar-refractivity contribution in [1.82, 2.24) is 14.9 Å². The van der Waals surface area contributed by atoms with Crippen molar-refractivity contribution >= 4 is 10.0 Å². The number of hydrogen-bond acceptors (Lipinski definition) is 4. The second kappa shape index (κ2) is 4.30. The molecule has 1 rings (SSSR count). The number of nitrogens with one attached hydrogen (secondary N) is 2. The molecular weight excluding hydrogens is 218 g/mol. The monoisotopic (exact) mass is 233 g/mol. The van der Waals surface area contributed by atoms with Gasteiger partial charge in [0.05, 0.1) is 18.0 Å². The van der Waals surface area contributed by atoms with Crippen LogP contribution in [0.5, 0.6) is 0 Å². The topological polar surface area (TPSA) is 95.1 Å². The van der Waals surface area contributed by atoms with Crippen molar-refractivity contribution in [1.29, 1.82) is 0 Å². The number of H-pyrrole nitrogens is 1. The van der Waals surface area contributed by atoms with E-state index in [1.165, 1.54) is 0 Å². The van der Waals surface area contributed by atoms with Crippen molar-refractivity contribution in [2.24, 2.45) is 0 Å². The van der Waals surface area contributed by atoms with Gasteiger partial charge in [0.2, 0.25) is 10.0 Å². The van der Waals surface area contributed by atoms with E-state index in [1.54, 1.807) is 20.8 Å². The quantitative estimate of drug-likeness (QED) is 0.664. The van der Waals surface area contributed by atoms with Crippen molar-refractivity contribution in [3.05, 3.63) is 11.4 Å². The molecule has 3 N–H and O–H groups in total. The maximum atomic E-state index is 11.8. The first-order valence-electron chi connectivity index (χ1n) is 4.53. The summed E-state index contributed by atoms with van der Waals surface area (Å²) in [6.07, 6.45) is 0. The highest BCUT2D eigenvalue weighted by molar-refractivity contribution is 7.89. The fraction of sp³-hybridized carbons (Fsp3) is 0.625. The van der Waals surface area contributed by atoms with Gasteiger partial charge in [-0.2, -0.15) is 5.10 Å². The number of nitrogens with zero attached hydrogens (tertiary/aromatic N) is 1. The molecule has 0 aromatic carbocycles. The summed E-state index contributed by atoms with van der Waals surface area (Å²) in [6.45, 7) is 4.59. The van der Waals surface area contributed by atoms with Crippen molar-refractivity contribution < 1.29 is 13.5 Å². The largest absolute Gasteiger partial charge is 0.395 e. The lowest BCUT2D eigenvalue weighted by molar-refractivity contribution is 0.265. The first-order chi connectivity index (χ1) is 6.88. The van der Waals surface area contributed by atoms with E-state index in [1.807, 2.05) is 0 Å². The van der Waals surface area contributed by atoms with E-state index in [4.69, 9.17) is 5.11 Å². The normalized spacial score (nSPS) is 14.1. The van der Waals surface area contributed by atoms with Gasteiger partial charge in [0.15, 0.2) is 0 Å². The Balaban J connectivity index is 3.07. The first kappa shape index (κ1) is 12.2. The van der Waals surface area contributed by atoms with Gasteiger partial charge in [-0.1, -0.05) is 0 Å². The molecule has 0 aliphatic heterocycles. The Morgan fingerprint density at radius 2 is 2.13 bits per heavy atom. The molecule has 1 heterocycles. The van der Waals surface area contributed by atoms with Crippen LogP contribution >= 0.6 is 0 Å². The van der Waals surface area contributed by atoms with Crippen LogP contribution in [0.2, 0.25) is 0 Å². The molecule has 0 saturated heterocycles. The van der Waals surface area contributed by atoms with Gasteiger partial charge < -0.3 is 5.11 Å². The van der Waals surface area contributed by atoms with Gasteiger partial charge in [0, 0.05) is 6.04 Å². The van der Waals surface area contributed by atoms with E-state index in [0.717, 1.165) is 0 Å². The summed E-state index contributed by atoms with van der Waals surface area (Å²) in [6, 6.07) is -0.510. The molecule has 0 unspecified atom stereocenters. The summed E-state index contributed by atoms with van der Waals surface area (Å²) in [5, 5.41) is 15.2. The summed E-state index contributed by atoms with van der Waals surface area (Å²) < 4.78 is 26.0. The fourth-order valence-corrected chi connectivity index (χ4v) is 2.90. The van der Waals surface area contributed by atoms with Crippen molar-refractivity contribution in [2.45, 2.75) is 31.7 Å². The van der Waals surface area contributed by atoms with E-state index < -0.39 is 16.1 Å². The molecule has 0 spiro atoms. The van der Waals surface area contributed by atoms with E-state index in [9.17, 15) is 8.42 Å². The molecule has 0 radical (unpaired) electrons. The smallest absolute Gasteiger partial charge is 0.244 e. The molecular formula is C8H15N3O3S. The minimum Gasteiger partial charge on any atom is -0.395 e. The minimum absolute atomic E-state index is 0.155. The van der Waals surface area contributed by atoms with Crippen LogP contribution in [0.3, 0.4) is 0 Å². The van der Waals surface area contributed by atoms with Gasteiger partial charge in [0.1, 0.15) is 4.90 Å². The standard InChI is InChI=1S/C8H15N3O3S/c1-5(4-12)11-15(13,14)8-6(2)9-10-7(8)3/h5,11-12H,4H2,1-3H3,(H,9,10)/t5-/m0/s1. The molecule has 1 atom stereocenters. The summed E-state index contributed by atoms with van der Waals surface area (Å²) in [4.78, 5) is 0.155. The van der Waals surface area contributed by atoms with Gasteiger partial charge in [-0.05, 0) is 20.8 Å². The van der Waals surface area contributed by atoms with Gasteiger partial charge >= 0.3 is 0 Å². The Labute approximate surface area is 88.8 Å². The Morgan fingerprint density at radius 3 is 2.53 bits per heavy atom. The number of aromatic nitrogens is 2. The molecule has 0 saturated carbocycles. The molecule has 0 fully saturated rings. The van der Waals surface area contributed by atoms with Crippen molar-refractivity contribution in [3.63, 3.8) is 0 Å². The number of rotatable bonds is 4. The van der Waals surface area contributed by atoms with Crippen LogP contribution in [0.15, 0.2) is 4.90 Å². The molecule has 86 valence electrons. The number of sulfonamides is 1. The molecule has 6 nitrogen and oxygen atoms in total. The van der Waals surface area contributed by atoms with Crippen LogP contribution in [-0.4, -0.2) is 36.4 Å². The zero-order chi connectivity index (χ0) is 11.6. The van der Waals surface area contributed by atoms with Crippen LogP contribution in [0.1, 0.15) is 18.3 Å². The average Bonchev–Trinajstić information content (AvgIpc) is 2.45. The highest BCUT2D eigenvalue weighted by Crippen LogP contribution is 2.16. The van der Waals surface area contributed by atoms with E-state index in [2.05, 4.69) is 14.9 Å². The third-order valence-electron chi connectivity index (χ3n) is 1.96. The van der Waals surface area contributed by atoms with Gasteiger partial charge in [-0.15, -0.1) is 0 Å². The van der Waals surface area contributed by atoms with E-state index in [0.29, 0.717) is 11.4 Å². The Kier molecular flexibility index (Phi) is 3.48. The number of aliphatic hydroxyl groups is 1. The Bertz CT molecular complexity index is 418. The fourth-order valence-electron chi connectivity index (χ4n) is 1.30. The van der Waals surface area contributed by atoms with E-state index in [-0.39, 0.29) is 11.5 Å². The number of hydrogen-bond donors (Lipinski definition) is 3. The van der Waals surface area contributed by atoms with Crippen LogP contribution < -0.4 is 4.72 Å². The summed E-state index contributed by atoms with van der Waals surface area (Å²) in [5.41, 5.74) is 0.912. The molecule has 0 bridgehead atoms. The zero-order valence-corrected chi connectivity index (χ0v) is 9.72. The second-order valence-corrected chi connectivity index (χ2v) is 5.12. The van der Waals surface area contributed by atoms with Crippen LogP contribution in [0, 0.1) is 13.8 Å². The van der Waals surface area contributed by atoms with Crippen LogP contribution in [0.4, 0.5) is 0 Å². The lowest BCUT2D eigenvalue weighted by atomic mass is 10.4. The number of aryl methyl sites for hydroxylation is 2. The number of aliphatic hydroxyl groups excluding tert-OH is 1. The molecule has 0 amide bonds. The second-order valence-electron chi connectivity index (χ2n) is 3.47. The minimum atomic E-state index is -3.59. The summed E-state index contributed by atoms with van der Waals surface area (Å²) in [5.74, 6) is 0. The lowest BCUT2D eigenvalue weighted by Crippen LogP contribution is -2.35. The average molecular weight is 233 g/mol.